The number of thiophene rings is 1. The molecule has 4 heteroatoms. The van der Waals surface area contributed by atoms with Crippen molar-refractivity contribution in [1.29, 1.82) is 0 Å². The molecule has 2 aromatic rings. The molecule has 0 aliphatic rings. The summed E-state index contributed by atoms with van der Waals surface area (Å²) in [4.78, 5) is 5.30. The largest absolute Gasteiger partial charge is 0.384 e. The number of hydrogen-bond donors (Lipinski definition) is 1. The minimum atomic E-state index is 0.568. The van der Waals surface area contributed by atoms with Gasteiger partial charge in [0.25, 0.3) is 0 Å². The third-order valence-electron chi connectivity index (χ3n) is 1.99. The summed E-state index contributed by atoms with van der Waals surface area (Å²) >= 11 is 5.20. The van der Waals surface area contributed by atoms with Crippen LogP contribution >= 0.6 is 27.3 Å². The van der Waals surface area contributed by atoms with Gasteiger partial charge in [0, 0.05) is 16.2 Å². The fourth-order valence-electron chi connectivity index (χ4n) is 1.30. The normalized spacial score (nSPS) is 10.4. The van der Waals surface area contributed by atoms with Gasteiger partial charge in [-0.15, -0.1) is 11.3 Å². The van der Waals surface area contributed by atoms with Gasteiger partial charge in [0.05, 0.1) is 4.88 Å². The van der Waals surface area contributed by atoms with Gasteiger partial charge in [-0.05, 0) is 45.9 Å². The zero-order valence-corrected chi connectivity index (χ0v) is 10.0. The average molecular weight is 269 g/mol. The maximum atomic E-state index is 5.60. The van der Waals surface area contributed by atoms with Crippen molar-refractivity contribution in [3.8, 4) is 10.4 Å². The lowest BCUT2D eigenvalue weighted by Gasteiger charge is -2.04. The van der Waals surface area contributed by atoms with Gasteiger partial charge in [0.2, 0.25) is 0 Å². The predicted molar refractivity (Wildman–Crippen MR) is 64.4 cm³/mol. The molecule has 0 unspecified atom stereocenters. The molecule has 0 spiro atoms. The van der Waals surface area contributed by atoms with Gasteiger partial charge in [-0.25, -0.2) is 4.98 Å². The second kappa shape index (κ2) is 3.71. The molecular formula is C10H9BrN2S. The topological polar surface area (TPSA) is 38.9 Å². The SMILES string of the molecule is Cc1cc(N)ncc1-c1sccc1Br. The Morgan fingerprint density at radius 3 is 2.86 bits per heavy atom. The van der Waals surface area contributed by atoms with Crippen LogP contribution in [0.5, 0.6) is 0 Å². The Kier molecular flexibility index (Phi) is 2.56. The van der Waals surface area contributed by atoms with Crippen molar-refractivity contribution in [2.45, 2.75) is 6.92 Å². The molecule has 72 valence electrons. The van der Waals surface area contributed by atoms with Crippen molar-refractivity contribution in [3.63, 3.8) is 0 Å². The Morgan fingerprint density at radius 2 is 2.29 bits per heavy atom. The second-order valence-corrected chi connectivity index (χ2v) is 4.79. The molecule has 0 radical (unpaired) electrons. The summed E-state index contributed by atoms with van der Waals surface area (Å²) in [7, 11) is 0. The van der Waals surface area contributed by atoms with Gasteiger partial charge < -0.3 is 5.73 Å². The fraction of sp³-hybridized carbons (Fsp3) is 0.100. The number of hydrogen-bond acceptors (Lipinski definition) is 3. The van der Waals surface area contributed by atoms with Gasteiger partial charge in [0.1, 0.15) is 5.82 Å². The molecular weight excluding hydrogens is 260 g/mol. The van der Waals surface area contributed by atoms with Crippen LogP contribution in [-0.2, 0) is 0 Å². The van der Waals surface area contributed by atoms with Crippen LogP contribution in [0.4, 0.5) is 5.82 Å². The number of nitrogen functional groups attached to an aromatic ring is 1. The van der Waals surface area contributed by atoms with E-state index in [1.165, 1.54) is 4.88 Å². The molecule has 2 N–H and O–H groups in total. The number of aryl methyl sites for hydroxylation is 1. The third-order valence-corrected chi connectivity index (χ3v) is 3.86. The quantitative estimate of drug-likeness (QED) is 0.861. The van der Waals surface area contributed by atoms with Crippen molar-refractivity contribution < 1.29 is 0 Å². The van der Waals surface area contributed by atoms with E-state index in [9.17, 15) is 0 Å². The Morgan fingerprint density at radius 1 is 1.50 bits per heavy atom. The molecule has 0 amide bonds. The molecule has 0 saturated heterocycles. The minimum Gasteiger partial charge on any atom is -0.384 e. The van der Waals surface area contributed by atoms with E-state index in [1.54, 1.807) is 11.3 Å². The molecule has 2 heterocycles. The van der Waals surface area contributed by atoms with E-state index in [0.29, 0.717) is 5.82 Å². The number of aromatic nitrogens is 1. The molecule has 0 aliphatic carbocycles. The third kappa shape index (κ3) is 1.67. The van der Waals surface area contributed by atoms with Gasteiger partial charge in [0.15, 0.2) is 0 Å². The molecule has 14 heavy (non-hydrogen) atoms. The highest BCUT2D eigenvalue weighted by Crippen LogP contribution is 2.35. The first kappa shape index (κ1) is 9.68. The van der Waals surface area contributed by atoms with Crippen LogP contribution in [0.1, 0.15) is 5.56 Å². The standard InChI is InChI=1S/C10H9BrN2S/c1-6-4-9(12)13-5-7(6)10-8(11)2-3-14-10/h2-5H,1H3,(H2,12,13). The van der Waals surface area contributed by atoms with Gasteiger partial charge in [-0.1, -0.05) is 0 Å². The van der Waals surface area contributed by atoms with Gasteiger partial charge >= 0.3 is 0 Å². The first-order chi connectivity index (χ1) is 6.68. The fourth-order valence-corrected chi connectivity index (χ4v) is 2.96. The lowest BCUT2D eigenvalue weighted by molar-refractivity contribution is 1.30. The van der Waals surface area contributed by atoms with E-state index in [-0.39, 0.29) is 0 Å². The number of rotatable bonds is 1. The van der Waals surface area contributed by atoms with E-state index in [1.807, 2.05) is 25.3 Å². The summed E-state index contributed by atoms with van der Waals surface area (Å²) in [6, 6.07) is 3.93. The van der Waals surface area contributed by atoms with E-state index in [0.717, 1.165) is 15.6 Å². The summed E-state index contributed by atoms with van der Waals surface area (Å²) in [6.45, 7) is 2.04. The smallest absolute Gasteiger partial charge is 0.123 e. The number of nitrogens with zero attached hydrogens (tertiary/aromatic N) is 1. The number of nitrogens with two attached hydrogens (primary N) is 1. The molecule has 0 bridgehead atoms. The summed E-state index contributed by atoms with van der Waals surface area (Å²) in [5.41, 5.74) is 7.89. The van der Waals surface area contributed by atoms with Crippen molar-refractivity contribution in [2.75, 3.05) is 5.73 Å². The highest BCUT2D eigenvalue weighted by atomic mass is 79.9. The predicted octanol–water partition coefficient (Wildman–Crippen LogP) is 3.46. The lowest BCUT2D eigenvalue weighted by Crippen LogP contribution is -1.91. The maximum absolute atomic E-state index is 5.60. The zero-order valence-electron chi connectivity index (χ0n) is 7.62. The summed E-state index contributed by atoms with van der Waals surface area (Å²) < 4.78 is 1.11. The Labute approximate surface area is 94.9 Å². The van der Waals surface area contributed by atoms with Crippen molar-refractivity contribution in [1.82, 2.24) is 4.98 Å². The highest BCUT2D eigenvalue weighted by molar-refractivity contribution is 9.10. The molecule has 2 aromatic heterocycles. The first-order valence-electron chi connectivity index (χ1n) is 4.14. The van der Waals surface area contributed by atoms with Crippen molar-refractivity contribution >= 4 is 33.1 Å². The van der Waals surface area contributed by atoms with Crippen molar-refractivity contribution in [2.24, 2.45) is 0 Å². The summed E-state index contributed by atoms with van der Waals surface area (Å²) in [5, 5.41) is 2.05. The lowest BCUT2D eigenvalue weighted by atomic mass is 10.1. The maximum Gasteiger partial charge on any atom is 0.123 e. The Hall–Kier alpha value is -0.870. The Bertz CT molecular complexity index is 465. The van der Waals surface area contributed by atoms with E-state index in [2.05, 4.69) is 26.3 Å². The molecule has 2 nitrogen and oxygen atoms in total. The van der Waals surface area contributed by atoms with Gasteiger partial charge in [-0.3, -0.25) is 0 Å². The number of anilines is 1. The number of pyridine rings is 1. The monoisotopic (exact) mass is 268 g/mol. The molecule has 0 saturated carbocycles. The van der Waals surface area contributed by atoms with Crippen LogP contribution in [-0.4, -0.2) is 4.98 Å². The van der Waals surface area contributed by atoms with Crippen LogP contribution in [0, 0.1) is 6.92 Å². The summed E-state index contributed by atoms with van der Waals surface area (Å²) in [6.07, 6.45) is 1.82. The summed E-state index contributed by atoms with van der Waals surface area (Å²) in [5.74, 6) is 0.568. The second-order valence-electron chi connectivity index (χ2n) is 3.02. The van der Waals surface area contributed by atoms with E-state index >= 15 is 0 Å². The Balaban J connectivity index is 2.58. The highest BCUT2D eigenvalue weighted by Gasteiger charge is 2.07. The minimum absolute atomic E-state index is 0.568. The average Bonchev–Trinajstić information content (AvgIpc) is 2.52. The van der Waals surface area contributed by atoms with Crippen LogP contribution in [0.15, 0.2) is 28.2 Å². The molecule has 2 rings (SSSR count). The molecule has 0 aromatic carbocycles. The number of halogens is 1. The van der Waals surface area contributed by atoms with Crippen LogP contribution in [0.2, 0.25) is 0 Å². The van der Waals surface area contributed by atoms with E-state index < -0.39 is 0 Å². The van der Waals surface area contributed by atoms with Crippen LogP contribution in [0.3, 0.4) is 0 Å². The van der Waals surface area contributed by atoms with Crippen molar-refractivity contribution in [3.05, 3.63) is 33.7 Å². The molecule has 0 fully saturated rings. The molecule has 0 aliphatic heterocycles. The van der Waals surface area contributed by atoms with Gasteiger partial charge in [-0.2, -0.15) is 0 Å². The zero-order chi connectivity index (χ0) is 10.1. The molecule has 0 atom stereocenters. The first-order valence-corrected chi connectivity index (χ1v) is 5.81. The van der Waals surface area contributed by atoms with Crippen LogP contribution < -0.4 is 5.73 Å². The van der Waals surface area contributed by atoms with Crippen LogP contribution in [0.25, 0.3) is 10.4 Å². The van der Waals surface area contributed by atoms with E-state index in [4.69, 9.17) is 5.73 Å².